The molecule has 0 amide bonds. The number of nitrogens with two attached hydrogens (primary N) is 8. The second-order valence-corrected chi connectivity index (χ2v) is 22.1. The molecule has 0 saturated heterocycles. The number of ether oxygens (including phenoxy) is 13. The van der Waals surface area contributed by atoms with E-state index in [2.05, 4.69) is 67.4 Å². The van der Waals surface area contributed by atoms with E-state index in [9.17, 15) is 0 Å². The van der Waals surface area contributed by atoms with Crippen LogP contribution < -0.4 is 46.5 Å². The molecule has 16 N–H and O–H groups in total. The van der Waals surface area contributed by atoms with E-state index in [0.29, 0.717) is 224 Å². The molecule has 0 aliphatic carbocycles. The Morgan fingerprint density at radius 3 is 0.615 bits per heavy atom. The van der Waals surface area contributed by atoms with E-state index in [1.807, 2.05) is 0 Å². The van der Waals surface area contributed by atoms with Crippen LogP contribution in [-0.4, -0.2) is 394 Å². The highest BCUT2D eigenvalue weighted by Crippen LogP contribution is 2.10. The summed E-state index contributed by atoms with van der Waals surface area (Å²) in [6.45, 7) is 32.5. The molecule has 33 heteroatoms. The Morgan fingerprint density at radius 1 is 0.242 bits per heavy atom. The lowest BCUT2D eigenvalue weighted by Crippen LogP contribution is -2.49. The summed E-state index contributed by atoms with van der Waals surface area (Å²) in [6, 6.07) is 0. The minimum atomic E-state index is -0.549. The second-order valence-electron chi connectivity index (χ2n) is 22.1. The lowest BCUT2D eigenvalue weighted by Gasteiger charge is -2.36. The Hall–Kier alpha value is -1.32. The topological polar surface area (TPSA) is 391 Å². The van der Waals surface area contributed by atoms with Crippen LogP contribution in [0.4, 0.5) is 0 Å². The van der Waals surface area contributed by atoms with E-state index in [-0.39, 0.29) is 12.2 Å². The molecule has 33 nitrogen and oxygen atoms in total. The largest absolute Gasteiger partial charge is 0.378 e. The molecular formula is C58H134N16O17. The summed E-state index contributed by atoms with van der Waals surface area (Å²) in [5.74, 6) is 21.6. The first-order valence-electron chi connectivity index (χ1n) is 32.8. The summed E-state index contributed by atoms with van der Waals surface area (Å²) in [6.07, 6.45) is -2.63. The summed E-state index contributed by atoms with van der Waals surface area (Å²) < 4.78 is 76.8. The van der Waals surface area contributed by atoms with Gasteiger partial charge in [-0.2, -0.15) is 0 Å². The van der Waals surface area contributed by atoms with Gasteiger partial charge in [0.25, 0.3) is 0 Å². The lowest BCUT2D eigenvalue weighted by atomic mass is 10.2. The first-order valence-corrected chi connectivity index (χ1v) is 32.8. The zero-order valence-corrected chi connectivity index (χ0v) is 57.7. The molecule has 0 fully saturated rings. The van der Waals surface area contributed by atoms with Crippen molar-refractivity contribution in [2.45, 2.75) is 65.1 Å². The van der Waals surface area contributed by atoms with Gasteiger partial charge in [-0.3, -0.25) is 38.9 Å². The third-order valence-corrected chi connectivity index (χ3v) is 14.2. The zero-order valence-electron chi connectivity index (χ0n) is 57.7. The Balaban J connectivity index is 7.06. The third-order valence-electron chi connectivity index (χ3n) is 14.2. The molecule has 0 aromatic rings. The van der Waals surface area contributed by atoms with E-state index in [0.717, 1.165) is 65.4 Å². The van der Waals surface area contributed by atoms with Gasteiger partial charge in [0.05, 0.1) is 144 Å². The highest BCUT2D eigenvalue weighted by molar-refractivity contribution is 4.78. The van der Waals surface area contributed by atoms with Crippen molar-refractivity contribution in [3.8, 4) is 0 Å². The number of hydrogen-bond acceptors (Lipinski definition) is 33. The smallest absolute Gasteiger partial charge is 0.174 e. The van der Waals surface area contributed by atoms with Crippen LogP contribution in [-0.2, 0) is 80.9 Å². The molecule has 4 unspecified atom stereocenters. The molecular weight excluding hydrogens is 1190 g/mol. The van der Waals surface area contributed by atoms with E-state index < -0.39 is 25.2 Å². The van der Waals surface area contributed by atoms with Crippen molar-refractivity contribution in [2.75, 3.05) is 317 Å². The van der Waals surface area contributed by atoms with Crippen LogP contribution in [0.15, 0.2) is 0 Å². The molecule has 0 aromatic carbocycles. The molecule has 4 atom stereocenters. The molecule has 0 aromatic heterocycles. The quantitative estimate of drug-likeness (QED) is 0.0162. The molecule has 0 rings (SSSR count). The number of nitrogens with zero attached hydrogens (tertiary/aromatic N) is 8. The maximum Gasteiger partial charge on any atom is 0.174 e. The Morgan fingerprint density at radius 2 is 0.429 bits per heavy atom. The fourth-order valence-electron chi connectivity index (χ4n) is 8.85. The minimum absolute atomic E-state index is 0.209. The maximum absolute atomic E-state index is 7.49. The molecule has 0 radical (unpaired) electrons. The predicted octanol–water partition coefficient (Wildman–Crippen LogP) is -4.35. The van der Waals surface area contributed by atoms with E-state index in [1.54, 1.807) is 27.7 Å². The van der Waals surface area contributed by atoms with Crippen molar-refractivity contribution in [1.82, 2.24) is 39.2 Å². The van der Waals surface area contributed by atoms with Gasteiger partial charge >= 0.3 is 0 Å². The summed E-state index contributed by atoms with van der Waals surface area (Å²) in [4.78, 5) is 38.1. The van der Waals surface area contributed by atoms with Crippen LogP contribution in [0.3, 0.4) is 0 Å². The summed E-state index contributed by atoms with van der Waals surface area (Å²) in [5.41, 5.74) is 22.5. The van der Waals surface area contributed by atoms with E-state index in [4.69, 9.17) is 127 Å². The van der Waals surface area contributed by atoms with Gasteiger partial charge in [-0.1, -0.05) is 0 Å². The number of rotatable bonds is 74. The van der Waals surface area contributed by atoms with Crippen molar-refractivity contribution in [2.24, 2.45) is 46.5 Å². The van der Waals surface area contributed by atoms with Crippen molar-refractivity contribution < 1.29 is 80.9 Å². The van der Waals surface area contributed by atoms with Crippen LogP contribution in [0.5, 0.6) is 0 Å². The second kappa shape index (κ2) is 65.9. The molecule has 0 heterocycles. The predicted molar refractivity (Wildman–Crippen MR) is 350 cm³/mol. The standard InChI is InChI=1S/C58H134N16O17/c1-53(88-63)83-37-25-73(26-38-84-54(2)89-64)19-15-69(7)51-58(52-70(8)16-20-74(27-39-85-55(3)90-65)28-40-86-56(4)91-66)87-57(49-67(5)13-17-71(21-33-79-45-41-75-29-9-59)22-34-80-46-42-76-30-10-60)50-68(6)14-18-72(23-35-81-47-43-77-31-11-61)24-36-82-48-44-78-32-12-62/h53-58H,9-52,59-66H2,1-8H3. The molecule has 0 spiro atoms. The lowest BCUT2D eigenvalue weighted by molar-refractivity contribution is -0.143. The Bertz CT molecular complexity index is 1330. The molecule has 0 aliphatic rings. The van der Waals surface area contributed by atoms with E-state index in [1.165, 1.54) is 0 Å². The Labute approximate surface area is 547 Å². The van der Waals surface area contributed by atoms with Crippen LogP contribution in [0.1, 0.15) is 27.7 Å². The Kier molecular flexibility index (Phi) is 65.0. The fraction of sp³-hybridized carbons (Fsp3) is 1.00. The average molecular weight is 1330 g/mol. The summed E-state index contributed by atoms with van der Waals surface area (Å²) in [5, 5.41) is 0. The normalized spacial score (nSPS) is 14.2. The monoisotopic (exact) mass is 1330 g/mol. The van der Waals surface area contributed by atoms with Crippen molar-refractivity contribution in [3.05, 3.63) is 0 Å². The number of hydrogen-bond donors (Lipinski definition) is 8. The first kappa shape index (κ1) is 89.7. The van der Waals surface area contributed by atoms with Crippen LogP contribution in [0.25, 0.3) is 0 Å². The highest BCUT2D eigenvalue weighted by Gasteiger charge is 2.25. The van der Waals surface area contributed by atoms with Gasteiger partial charge < -0.3 is 104 Å². The molecule has 0 aliphatic heterocycles. The molecule has 0 saturated carbocycles. The average Bonchev–Trinajstić information content (AvgIpc) is 3.56. The number of likely N-dealkylation sites (N-methyl/N-ethyl adjacent to an activating group) is 4. The summed E-state index contributed by atoms with van der Waals surface area (Å²) >= 11 is 0. The van der Waals surface area contributed by atoms with Crippen molar-refractivity contribution >= 4 is 0 Å². The van der Waals surface area contributed by atoms with Crippen molar-refractivity contribution in [1.29, 1.82) is 0 Å². The molecule has 91 heavy (non-hydrogen) atoms. The van der Waals surface area contributed by atoms with Gasteiger partial charge in [-0.05, 0) is 55.9 Å². The highest BCUT2D eigenvalue weighted by atomic mass is 16.8. The minimum Gasteiger partial charge on any atom is -0.378 e. The molecule has 0 bridgehead atoms. The maximum atomic E-state index is 7.49. The fourth-order valence-corrected chi connectivity index (χ4v) is 8.85. The van der Waals surface area contributed by atoms with Crippen LogP contribution in [0.2, 0.25) is 0 Å². The zero-order chi connectivity index (χ0) is 67.2. The van der Waals surface area contributed by atoms with Crippen LogP contribution >= 0.6 is 0 Å². The van der Waals surface area contributed by atoms with Gasteiger partial charge in [0.2, 0.25) is 0 Å². The first-order chi connectivity index (χ1) is 44.2. The van der Waals surface area contributed by atoms with Gasteiger partial charge in [0.1, 0.15) is 0 Å². The van der Waals surface area contributed by atoms with Gasteiger partial charge in [0.15, 0.2) is 25.2 Å². The van der Waals surface area contributed by atoms with Crippen molar-refractivity contribution in [3.63, 3.8) is 0 Å². The third kappa shape index (κ3) is 58.5. The van der Waals surface area contributed by atoms with Gasteiger partial charge in [-0.15, -0.1) is 0 Å². The van der Waals surface area contributed by atoms with Gasteiger partial charge in [-0.25, -0.2) is 23.6 Å². The molecule has 548 valence electrons. The van der Waals surface area contributed by atoms with Gasteiger partial charge in [0, 0.05) is 157 Å². The van der Waals surface area contributed by atoms with E-state index >= 15 is 0 Å². The SMILES string of the molecule is CC(ON)OCCN(CCOC(C)ON)CCN(C)CC(CN(C)CCN(CCOC(C)ON)CCOC(C)ON)OC(CN(C)CCN(CCOCCOCCN)CCOCCOCCN)CN(C)CCN(CCOCCOCCN)CCOCCOCCN. The van der Waals surface area contributed by atoms with Crippen LogP contribution in [0, 0.1) is 0 Å². The summed E-state index contributed by atoms with van der Waals surface area (Å²) in [7, 11) is 8.59.